The summed E-state index contributed by atoms with van der Waals surface area (Å²) in [6, 6.07) is 13.8. The van der Waals surface area contributed by atoms with Gasteiger partial charge in [-0.15, -0.1) is 11.3 Å². The molecule has 7 rings (SSSR count). The first-order chi connectivity index (χ1) is 21.2. The monoisotopic (exact) mass is 640 g/mol. The number of aromatic nitrogens is 1. The Kier molecular flexibility index (Phi) is 8.16. The van der Waals surface area contributed by atoms with Crippen LogP contribution in [-0.2, 0) is 21.4 Å². The molecule has 2 amide bonds. The lowest BCUT2D eigenvalue weighted by Gasteiger charge is -2.22. The first kappa shape index (κ1) is 29.5. The molecule has 15 heteroatoms. The summed E-state index contributed by atoms with van der Waals surface area (Å²) in [4.78, 5) is 26.6. The molecule has 0 unspecified atom stereocenters. The van der Waals surface area contributed by atoms with Crippen molar-refractivity contribution in [1.29, 1.82) is 0 Å². The number of carbonyl (C=O) groups excluding carboxylic acids is 2. The Hall–Kier alpha value is -4.60. The van der Waals surface area contributed by atoms with E-state index in [1.807, 2.05) is 0 Å². The van der Waals surface area contributed by atoms with E-state index in [0.717, 1.165) is 16.9 Å². The van der Waals surface area contributed by atoms with Crippen LogP contribution in [0, 0.1) is 0 Å². The minimum atomic E-state index is -3.96. The predicted octanol–water partition coefficient (Wildman–Crippen LogP) is 2.68. The van der Waals surface area contributed by atoms with Crippen LogP contribution in [0.25, 0.3) is 10.6 Å². The largest absolute Gasteiger partial charge is 0.493 e. The van der Waals surface area contributed by atoms with Crippen molar-refractivity contribution in [2.75, 3.05) is 33.9 Å². The van der Waals surface area contributed by atoms with Gasteiger partial charge in [-0.05, 0) is 48.0 Å². The maximum absolute atomic E-state index is 13.8. The number of hydrogen-bond donors (Lipinski definition) is 2. The number of nitrogens with zero attached hydrogens (tertiary/aromatic N) is 2. The van der Waals surface area contributed by atoms with Crippen molar-refractivity contribution >= 4 is 33.2 Å². The Bertz CT molecular complexity index is 1790. The molecule has 3 aliphatic heterocycles. The second-order valence-corrected chi connectivity index (χ2v) is 13.2. The van der Waals surface area contributed by atoms with Gasteiger partial charge in [-0.3, -0.25) is 9.59 Å². The van der Waals surface area contributed by atoms with Gasteiger partial charge in [-0.25, -0.2) is 8.42 Å². The normalized spacial score (nSPS) is 19.2. The van der Waals surface area contributed by atoms with Crippen molar-refractivity contribution in [3.63, 3.8) is 0 Å². The van der Waals surface area contributed by atoms with Crippen LogP contribution in [0.5, 0.6) is 23.0 Å². The van der Waals surface area contributed by atoms with Gasteiger partial charge in [-0.1, -0.05) is 11.2 Å². The molecule has 1 saturated heterocycles. The average Bonchev–Trinajstić information content (AvgIpc) is 3.81. The molecule has 5 heterocycles. The molecule has 44 heavy (non-hydrogen) atoms. The Morgan fingerprint density at radius 3 is 2.59 bits per heavy atom. The van der Waals surface area contributed by atoms with Crippen LogP contribution < -0.4 is 29.6 Å². The van der Waals surface area contributed by atoms with E-state index in [2.05, 4.69) is 15.8 Å². The van der Waals surface area contributed by atoms with Crippen LogP contribution in [0.1, 0.15) is 15.9 Å². The Morgan fingerprint density at radius 1 is 0.977 bits per heavy atom. The van der Waals surface area contributed by atoms with Crippen molar-refractivity contribution in [1.82, 2.24) is 20.1 Å². The molecule has 2 aromatic carbocycles. The van der Waals surface area contributed by atoms with E-state index in [1.54, 1.807) is 42.5 Å². The standard InChI is InChI=1S/C29H28N4O9S2/c1-38-20-6-4-18-12-24(20)40-16-27(34)30-13-17-3-5-21(23(11-17)39-2)41-25-15-33(14-19(25)32-29(18)35)44(36,37)28-8-7-26(43-28)22-9-10-31-42-22/h3-12,19,25H,13-16H2,1-2H3,(H,30,34)(H,32,35)/t19-,25-/m0/s1. The van der Waals surface area contributed by atoms with E-state index >= 15 is 0 Å². The van der Waals surface area contributed by atoms with Crippen LogP contribution in [0.3, 0.4) is 0 Å². The molecule has 0 aliphatic carbocycles. The van der Waals surface area contributed by atoms with Gasteiger partial charge in [0.25, 0.3) is 21.8 Å². The Balaban J connectivity index is 1.34. The van der Waals surface area contributed by atoms with E-state index in [9.17, 15) is 18.0 Å². The van der Waals surface area contributed by atoms with Crippen molar-refractivity contribution in [2.45, 2.75) is 22.9 Å². The number of benzene rings is 2. The van der Waals surface area contributed by atoms with Crippen molar-refractivity contribution < 1.29 is 41.5 Å². The van der Waals surface area contributed by atoms with Gasteiger partial charge in [0.1, 0.15) is 10.3 Å². The van der Waals surface area contributed by atoms with Crippen LogP contribution in [0.2, 0.25) is 0 Å². The average molecular weight is 641 g/mol. The lowest BCUT2D eigenvalue weighted by molar-refractivity contribution is -0.123. The maximum Gasteiger partial charge on any atom is 0.258 e. The number of amides is 2. The second-order valence-electron chi connectivity index (χ2n) is 9.97. The lowest BCUT2D eigenvalue weighted by atomic mass is 10.1. The summed E-state index contributed by atoms with van der Waals surface area (Å²) in [5.74, 6) is 0.877. The third-order valence-electron chi connectivity index (χ3n) is 7.19. The van der Waals surface area contributed by atoms with E-state index in [4.69, 9.17) is 23.5 Å². The number of ether oxygens (including phenoxy) is 4. The zero-order valence-electron chi connectivity index (χ0n) is 23.6. The van der Waals surface area contributed by atoms with Crippen LogP contribution in [0.4, 0.5) is 0 Å². The van der Waals surface area contributed by atoms with Crippen LogP contribution >= 0.6 is 11.3 Å². The molecule has 1 fully saturated rings. The fraction of sp³-hybridized carbons (Fsp3) is 0.276. The number of methoxy groups -OCH3 is 2. The first-order valence-electron chi connectivity index (χ1n) is 13.5. The van der Waals surface area contributed by atoms with Gasteiger partial charge >= 0.3 is 0 Å². The molecule has 230 valence electrons. The summed E-state index contributed by atoms with van der Waals surface area (Å²) < 4.78 is 57.0. The van der Waals surface area contributed by atoms with E-state index in [1.165, 1.54) is 36.9 Å². The SMILES string of the molecule is COc1ccc2cc1OCC(=O)NCc1ccc(c(OC)c1)O[C@H]1CN(S(=O)(=O)c3ccc(-c4ccno4)s3)C[C@@H]1NC2=O. The first-order valence-corrected chi connectivity index (χ1v) is 15.7. The number of carbonyl (C=O) groups is 2. The number of fused-ring (bicyclic) bond motifs is 7. The van der Waals surface area contributed by atoms with Crippen LogP contribution in [-0.4, -0.2) is 75.8 Å². The lowest BCUT2D eigenvalue weighted by Crippen LogP contribution is -2.45. The highest BCUT2D eigenvalue weighted by Gasteiger charge is 2.42. The number of nitrogens with one attached hydrogen (secondary N) is 2. The summed E-state index contributed by atoms with van der Waals surface area (Å²) in [5, 5.41) is 9.40. The molecular formula is C29H28N4O9S2. The van der Waals surface area contributed by atoms with Crippen molar-refractivity contribution in [2.24, 2.45) is 0 Å². The summed E-state index contributed by atoms with van der Waals surface area (Å²) in [6.45, 7) is -0.198. The molecule has 0 spiro atoms. The molecule has 4 aromatic rings. The number of thiophene rings is 1. The molecule has 13 nitrogen and oxygen atoms in total. The summed E-state index contributed by atoms with van der Waals surface area (Å²) in [7, 11) is -1.03. The molecule has 2 aromatic heterocycles. The highest BCUT2D eigenvalue weighted by atomic mass is 32.2. The van der Waals surface area contributed by atoms with Gasteiger partial charge in [0, 0.05) is 24.7 Å². The van der Waals surface area contributed by atoms with Gasteiger partial charge < -0.3 is 34.1 Å². The van der Waals surface area contributed by atoms with E-state index < -0.39 is 28.1 Å². The third kappa shape index (κ3) is 5.93. The fourth-order valence-corrected chi connectivity index (χ4v) is 7.81. The zero-order chi connectivity index (χ0) is 30.8. The molecule has 2 N–H and O–H groups in total. The van der Waals surface area contributed by atoms with Crippen LogP contribution in [0.15, 0.2) is 69.5 Å². The predicted molar refractivity (Wildman–Crippen MR) is 158 cm³/mol. The van der Waals surface area contributed by atoms with Gasteiger partial charge in [0.15, 0.2) is 35.4 Å². The highest BCUT2D eigenvalue weighted by molar-refractivity contribution is 7.91. The molecule has 0 radical (unpaired) electrons. The summed E-state index contributed by atoms with van der Waals surface area (Å²) in [6.07, 6.45) is 0.714. The van der Waals surface area contributed by atoms with E-state index in [-0.39, 0.29) is 47.7 Å². The summed E-state index contributed by atoms with van der Waals surface area (Å²) >= 11 is 1.06. The smallest absolute Gasteiger partial charge is 0.258 e. The number of sulfonamides is 1. The quantitative estimate of drug-likeness (QED) is 0.332. The Morgan fingerprint density at radius 2 is 1.82 bits per heavy atom. The molecule has 3 aliphatic rings. The number of hydrogen-bond acceptors (Lipinski definition) is 11. The highest BCUT2D eigenvalue weighted by Crippen LogP contribution is 2.36. The van der Waals surface area contributed by atoms with E-state index in [0.29, 0.717) is 27.9 Å². The zero-order valence-corrected chi connectivity index (χ0v) is 25.3. The molecule has 4 bridgehead atoms. The minimum absolute atomic E-state index is 0.0409. The van der Waals surface area contributed by atoms with Crippen molar-refractivity contribution in [3.05, 3.63) is 71.9 Å². The topological polar surface area (TPSA) is 159 Å². The van der Waals surface area contributed by atoms with Gasteiger partial charge in [0.2, 0.25) is 0 Å². The fourth-order valence-electron chi connectivity index (χ4n) is 4.91. The maximum atomic E-state index is 13.8. The molecule has 0 saturated carbocycles. The minimum Gasteiger partial charge on any atom is -0.493 e. The van der Waals surface area contributed by atoms with Gasteiger partial charge in [-0.2, -0.15) is 4.31 Å². The summed E-state index contributed by atoms with van der Waals surface area (Å²) in [5.41, 5.74) is 0.967. The van der Waals surface area contributed by atoms with Gasteiger partial charge in [0.05, 0.1) is 37.9 Å². The molecule has 2 atom stereocenters. The Labute approximate surface area is 256 Å². The molecular weight excluding hydrogens is 612 g/mol. The van der Waals surface area contributed by atoms with Crippen molar-refractivity contribution in [3.8, 4) is 33.6 Å². The number of rotatable bonds is 5. The third-order valence-corrected chi connectivity index (χ3v) is 10.6. The second kappa shape index (κ2) is 12.2.